The third kappa shape index (κ3) is 3.92. The van der Waals surface area contributed by atoms with Crippen molar-refractivity contribution >= 4 is 44.8 Å². The molecule has 5 heteroatoms. The second-order valence-electron chi connectivity index (χ2n) is 5.21. The summed E-state index contributed by atoms with van der Waals surface area (Å²) in [5.41, 5.74) is 3.01. The third-order valence-corrected chi connectivity index (χ3v) is 4.94. The first kappa shape index (κ1) is 16.4. The molecule has 3 rings (SSSR count). The van der Waals surface area contributed by atoms with Crippen LogP contribution in [0, 0.1) is 6.92 Å². The van der Waals surface area contributed by atoms with Gasteiger partial charge in [-0.1, -0.05) is 45.2 Å². The summed E-state index contributed by atoms with van der Waals surface area (Å²) >= 11 is 15.6. The molecule has 0 saturated heterocycles. The summed E-state index contributed by atoms with van der Waals surface area (Å²) in [7, 11) is 0. The molecular formula is C18H14BrCl2NO. The van der Waals surface area contributed by atoms with Crippen LogP contribution >= 0.6 is 39.1 Å². The molecule has 0 amide bonds. The Morgan fingerprint density at radius 1 is 1.04 bits per heavy atom. The van der Waals surface area contributed by atoms with Gasteiger partial charge in [0.15, 0.2) is 0 Å². The molecule has 3 aromatic rings. The van der Waals surface area contributed by atoms with E-state index in [0.29, 0.717) is 16.6 Å². The predicted molar refractivity (Wildman–Crippen MR) is 100 cm³/mol. The number of halogens is 3. The first-order valence-electron chi connectivity index (χ1n) is 7.07. The Balaban J connectivity index is 1.74. The standard InChI is InChI=1S/C18H14BrCl2NO/c1-11-8-12(2-5-15(11)19)18-7-4-14(23-18)10-22-17-9-13(20)3-6-16(17)21/h2-9,22H,10H2,1H3. The SMILES string of the molecule is Cc1cc(-c2ccc(CNc3cc(Cl)ccc3Cl)o2)ccc1Br. The van der Waals surface area contributed by atoms with E-state index >= 15 is 0 Å². The number of rotatable bonds is 4. The number of aryl methyl sites for hydroxylation is 1. The van der Waals surface area contributed by atoms with Crippen molar-refractivity contribution in [1.29, 1.82) is 0 Å². The highest BCUT2D eigenvalue weighted by Gasteiger charge is 2.07. The summed E-state index contributed by atoms with van der Waals surface area (Å²) < 4.78 is 6.99. The van der Waals surface area contributed by atoms with E-state index < -0.39 is 0 Å². The molecule has 0 unspecified atom stereocenters. The van der Waals surface area contributed by atoms with Crippen molar-refractivity contribution in [2.75, 3.05) is 5.32 Å². The van der Waals surface area contributed by atoms with E-state index in [-0.39, 0.29) is 0 Å². The highest BCUT2D eigenvalue weighted by atomic mass is 79.9. The minimum absolute atomic E-state index is 0.537. The number of benzene rings is 2. The van der Waals surface area contributed by atoms with Crippen LogP contribution in [0.25, 0.3) is 11.3 Å². The molecule has 118 valence electrons. The van der Waals surface area contributed by atoms with Crippen molar-refractivity contribution in [1.82, 2.24) is 0 Å². The third-order valence-electron chi connectivity index (χ3n) is 3.49. The summed E-state index contributed by atoms with van der Waals surface area (Å²) in [5.74, 6) is 1.67. The van der Waals surface area contributed by atoms with Gasteiger partial charge in [-0.3, -0.25) is 0 Å². The molecule has 0 spiro atoms. The molecule has 2 aromatic carbocycles. The van der Waals surface area contributed by atoms with Gasteiger partial charge in [0.25, 0.3) is 0 Å². The minimum Gasteiger partial charge on any atom is -0.459 e. The zero-order valence-corrected chi connectivity index (χ0v) is 15.5. The lowest BCUT2D eigenvalue weighted by Crippen LogP contribution is -1.98. The van der Waals surface area contributed by atoms with Gasteiger partial charge in [0.2, 0.25) is 0 Å². The minimum atomic E-state index is 0.537. The predicted octanol–water partition coefficient (Wildman–Crippen LogP) is 6.94. The molecule has 1 heterocycles. The molecule has 0 aliphatic rings. The maximum absolute atomic E-state index is 6.14. The maximum Gasteiger partial charge on any atom is 0.134 e. The van der Waals surface area contributed by atoms with Crippen LogP contribution in [-0.4, -0.2) is 0 Å². The van der Waals surface area contributed by atoms with E-state index in [0.717, 1.165) is 27.2 Å². The molecule has 0 aliphatic heterocycles. The average molecular weight is 411 g/mol. The molecule has 0 fully saturated rings. The number of furan rings is 1. The number of hydrogen-bond acceptors (Lipinski definition) is 2. The summed E-state index contributed by atoms with van der Waals surface area (Å²) in [6.07, 6.45) is 0. The van der Waals surface area contributed by atoms with Crippen molar-refractivity contribution in [2.24, 2.45) is 0 Å². The Kier molecular flexibility index (Phi) is 5.00. The summed E-state index contributed by atoms with van der Waals surface area (Å²) in [6, 6.07) is 15.4. The average Bonchev–Trinajstić information content (AvgIpc) is 3.00. The van der Waals surface area contributed by atoms with Gasteiger partial charge in [-0.25, -0.2) is 0 Å². The van der Waals surface area contributed by atoms with E-state index in [9.17, 15) is 0 Å². The van der Waals surface area contributed by atoms with Gasteiger partial charge in [-0.05, 0) is 55.0 Å². The maximum atomic E-state index is 6.14. The Hall–Kier alpha value is -1.42. The topological polar surface area (TPSA) is 25.2 Å². The summed E-state index contributed by atoms with van der Waals surface area (Å²) in [6.45, 7) is 2.59. The monoisotopic (exact) mass is 409 g/mol. The van der Waals surface area contributed by atoms with Crippen molar-refractivity contribution in [3.05, 3.63) is 74.4 Å². The van der Waals surface area contributed by atoms with E-state index in [1.165, 1.54) is 5.56 Å². The van der Waals surface area contributed by atoms with Crippen LogP contribution in [0.2, 0.25) is 10.0 Å². The first-order valence-corrected chi connectivity index (χ1v) is 8.62. The Labute approximate surface area is 153 Å². The second-order valence-corrected chi connectivity index (χ2v) is 6.91. The van der Waals surface area contributed by atoms with Crippen LogP contribution in [0.3, 0.4) is 0 Å². The zero-order valence-electron chi connectivity index (χ0n) is 12.4. The van der Waals surface area contributed by atoms with Crippen molar-refractivity contribution in [2.45, 2.75) is 13.5 Å². The molecule has 2 nitrogen and oxygen atoms in total. The zero-order chi connectivity index (χ0) is 16.4. The van der Waals surface area contributed by atoms with Crippen molar-refractivity contribution in [3.8, 4) is 11.3 Å². The Morgan fingerprint density at radius 3 is 2.65 bits per heavy atom. The fourth-order valence-corrected chi connectivity index (χ4v) is 2.84. The van der Waals surface area contributed by atoms with E-state index in [1.807, 2.05) is 24.3 Å². The Morgan fingerprint density at radius 2 is 1.87 bits per heavy atom. The van der Waals surface area contributed by atoms with Gasteiger partial charge < -0.3 is 9.73 Å². The summed E-state index contributed by atoms with van der Waals surface area (Å²) in [5, 5.41) is 4.51. The van der Waals surface area contributed by atoms with Crippen LogP contribution in [-0.2, 0) is 6.54 Å². The highest BCUT2D eigenvalue weighted by Crippen LogP contribution is 2.28. The molecule has 23 heavy (non-hydrogen) atoms. The van der Waals surface area contributed by atoms with Crippen LogP contribution in [0.1, 0.15) is 11.3 Å². The van der Waals surface area contributed by atoms with Gasteiger partial charge in [-0.15, -0.1) is 0 Å². The van der Waals surface area contributed by atoms with E-state index in [1.54, 1.807) is 18.2 Å². The Bertz CT molecular complexity index is 845. The number of hydrogen-bond donors (Lipinski definition) is 1. The van der Waals surface area contributed by atoms with Gasteiger partial charge in [-0.2, -0.15) is 0 Å². The van der Waals surface area contributed by atoms with Gasteiger partial charge in [0, 0.05) is 15.1 Å². The molecule has 0 atom stereocenters. The lowest BCUT2D eigenvalue weighted by molar-refractivity contribution is 0.531. The highest BCUT2D eigenvalue weighted by molar-refractivity contribution is 9.10. The summed E-state index contributed by atoms with van der Waals surface area (Å²) in [4.78, 5) is 0. The molecule has 0 radical (unpaired) electrons. The molecule has 1 aromatic heterocycles. The van der Waals surface area contributed by atoms with Crippen molar-refractivity contribution in [3.63, 3.8) is 0 Å². The molecular weight excluding hydrogens is 397 g/mol. The first-order chi connectivity index (χ1) is 11.0. The molecule has 1 N–H and O–H groups in total. The van der Waals surface area contributed by atoms with Crippen LogP contribution in [0.4, 0.5) is 5.69 Å². The van der Waals surface area contributed by atoms with Crippen molar-refractivity contribution < 1.29 is 4.42 Å². The molecule has 0 aliphatic carbocycles. The van der Waals surface area contributed by atoms with Gasteiger partial charge in [0.1, 0.15) is 11.5 Å². The van der Waals surface area contributed by atoms with E-state index in [2.05, 4.69) is 34.2 Å². The van der Waals surface area contributed by atoms with Gasteiger partial charge >= 0.3 is 0 Å². The normalized spacial score (nSPS) is 10.8. The quantitative estimate of drug-likeness (QED) is 0.503. The molecule has 0 bridgehead atoms. The lowest BCUT2D eigenvalue weighted by atomic mass is 10.1. The lowest BCUT2D eigenvalue weighted by Gasteiger charge is -2.07. The van der Waals surface area contributed by atoms with Gasteiger partial charge in [0.05, 0.1) is 17.3 Å². The fourth-order valence-electron chi connectivity index (χ4n) is 2.24. The second kappa shape index (κ2) is 7.00. The van der Waals surface area contributed by atoms with Crippen LogP contribution in [0.15, 0.2) is 57.4 Å². The fraction of sp³-hybridized carbons (Fsp3) is 0.111. The molecule has 0 saturated carbocycles. The van der Waals surface area contributed by atoms with Crippen LogP contribution < -0.4 is 5.32 Å². The smallest absolute Gasteiger partial charge is 0.134 e. The van der Waals surface area contributed by atoms with Crippen LogP contribution in [0.5, 0.6) is 0 Å². The van der Waals surface area contributed by atoms with E-state index in [4.69, 9.17) is 27.6 Å². The largest absolute Gasteiger partial charge is 0.459 e. The number of anilines is 1. The number of nitrogens with one attached hydrogen (secondary N) is 1.